The molecule has 2 heterocycles. The number of anilines is 2. The van der Waals surface area contributed by atoms with E-state index in [4.69, 9.17) is 4.74 Å². The minimum atomic E-state index is -4.49. The molecule has 7 nitrogen and oxygen atoms in total. The number of rotatable bonds is 7. The van der Waals surface area contributed by atoms with Crippen molar-refractivity contribution in [3.05, 3.63) is 78.4 Å². The first-order valence-corrected chi connectivity index (χ1v) is 11.1. The number of hydrogen-bond acceptors (Lipinski definition) is 6. The van der Waals surface area contributed by atoms with Crippen LogP contribution in [0.5, 0.6) is 11.6 Å². The number of carbonyl (C=O) groups excluding carboxylic acids is 1. The number of aromatic nitrogens is 3. The Morgan fingerprint density at radius 1 is 0.917 bits per heavy atom. The summed E-state index contributed by atoms with van der Waals surface area (Å²) in [7, 11) is 5.55. The maximum Gasteiger partial charge on any atom is 0.433 e. The van der Waals surface area contributed by atoms with Crippen molar-refractivity contribution in [3.8, 4) is 11.6 Å². The number of carbonyl (C=O) groups is 1. The van der Waals surface area contributed by atoms with E-state index >= 15 is 0 Å². The van der Waals surface area contributed by atoms with Crippen LogP contribution in [0.2, 0.25) is 0 Å². The fraction of sp³-hybridized carbons (Fsp3) is 0.231. The standard InChI is InChI=1S/C26H24F3N5O2/c1-33(2)19-8-11-21-22(14-19)31-16-32-25(21)36-20-9-6-18(7-10-20)34(3)24(35)13-5-17-4-12-23(30-15-17)26(27,28)29/h4,6-12,14-16H,5,13H2,1-3H3. The average Bonchev–Trinajstić information content (AvgIpc) is 2.87. The predicted octanol–water partition coefficient (Wildman–Crippen LogP) is 5.50. The van der Waals surface area contributed by atoms with Gasteiger partial charge in [0.2, 0.25) is 11.8 Å². The minimum Gasteiger partial charge on any atom is -0.438 e. The molecule has 0 unspecified atom stereocenters. The zero-order valence-electron chi connectivity index (χ0n) is 20.0. The second-order valence-electron chi connectivity index (χ2n) is 8.37. The van der Waals surface area contributed by atoms with Crippen molar-refractivity contribution in [2.24, 2.45) is 0 Å². The Bertz CT molecular complexity index is 1360. The van der Waals surface area contributed by atoms with Gasteiger partial charge in [-0.15, -0.1) is 0 Å². The van der Waals surface area contributed by atoms with Gasteiger partial charge in [-0.05, 0) is 60.5 Å². The number of hydrogen-bond donors (Lipinski definition) is 0. The lowest BCUT2D eigenvalue weighted by molar-refractivity contribution is -0.141. The summed E-state index contributed by atoms with van der Waals surface area (Å²) >= 11 is 0. The highest BCUT2D eigenvalue weighted by atomic mass is 19.4. The highest BCUT2D eigenvalue weighted by molar-refractivity contribution is 5.93. The lowest BCUT2D eigenvalue weighted by atomic mass is 10.1. The van der Waals surface area contributed by atoms with Gasteiger partial charge in [0, 0.05) is 45.1 Å². The molecule has 0 atom stereocenters. The number of pyridine rings is 1. The number of benzene rings is 2. The molecule has 0 bridgehead atoms. The number of halogens is 3. The summed E-state index contributed by atoms with van der Waals surface area (Å²) in [5.41, 5.74) is 2.03. The van der Waals surface area contributed by atoms with Crippen LogP contribution in [-0.2, 0) is 17.4 Å². The van der Waals surface area contributed by atoms with E-state index in [-0.39, 0.29) is 18.7 Å². The second kappa shape index (κ2) is 10.2. The maximum absolute atomic E-state index is 12.6. The zero-order valence-corrected chi connectivity index (χ0v) is 20.0. The van der Waals surface area contributed by atoms with Crippen molar-refractivity contribution in [3.63, 3.8) is 0 Å². The van der Waals surface area contributed by atoms with Crippen LogP contribution in [0, 0.1) is 0 Å². The fourth-order valence-electron chi connectivity index (χ4n) is 3.53. The summed E-state index contributed by atoms with van der Waals surface area (Å²) in [4.78, 5) is 28.1. The quantitative estimate of drug-likeness (QED) is 0.337. The van der Waals surface area contributed by atoms with Gasteiger partial charge in [0.1, 0.15) is 17.8 Å². The smallest absolute Gasteiger partial charge is 0.433 e. The minimum absolute atomic E-state index is 0.129. The highest BCUT2D eigenvalue weighted by Crippen LogP contribution is 2.30. The molecule has 0 aliphatic carbocycles. The molecule has 0 radical (unpaired) electrons. The van der Waals surface area contributed by atoms with Crippen LogP contribution in [0.25, 0.3) is 10.9 Å². The van der Waals surface area contributed by atoms with Gasteiger partial charge in [-0.25, -0.2) is 9.97 Å². The molecule has 0 saturated heterocycles. The Balaban J connectivity index is 1.39. The van der Waals surface area contributed by atoms with E-state index in [9.17, 15) is 18.0 Å². The molecule has 36 heavy (non-hydrogen) atoms. The SMILES string of the molecule is CN(C)c1ccc2c(Oc3ccc(N(C)C(=O)CCc4ccc(C(F)(F)F)nc4)cc3)ncnc2c1. The predicted molar refractivity (Wildman–Crippen MR) is 131 cm³/mol. The fourth-order valence-corrected chi connectivity index (χ4v) is 3.53. The van der Waals surface area contributed by atoms with Gasteiger partial charge >= 0.3 is 6.18 Å². The molecule has 0 spiro atoms. The number of alkyl halides is 3. The first-order valence-electron chi connectivity index (χ1n) is 11.1. The zero-order chi connectivity index (χ0) is 25.9. The van der Waals surface area contributed by atoms with Crippen molar-refractivity contribution in [2.45, 2.75) is 19.0 Å². The summed E-state index contributed by atoms with van der Waals surface area (Å²) in [6.45, 7) is 0. The Kier molecular flexibility index (Phi) is 7.05. The summed E-state index contributed by atoms with van der Waals surface area (Å²) in [6, 6.07) is 15.1. The molecule has 186 valence electrons. The first kappa shape index (κ1) is 24.9. The largest absolute Gasteiger partial charge is 0.438 e. The summed E-state index contributed by atoms with van der Waals surface area (Å²) < 4.78 is 43.9. The Morgan fingerprint density at radius 2 is 1.64 bits per heavy atom. The van der Waals surface area contributed by atoms with Crippen LogP contribution in [-0.4, -0.2) is 42.0 Å². The summed E-state index contributed by atoms with van der Waals surface area (Å²) in [5, 5.41) is 0.775. The number of nitrogens with zero attached hydrogens (tertiary/aromatic N) is 5. The van der Waals surface area contributed by atoms with Crippen LogP contribution in [0.4, 0.5) is 24.5 Å². The highest BCUT2D eigenvalue weighted by Gasteiger charge is 2.32. The molecular weight excluding hydrogens is 471 g/mol. The number of ether oxygens (including phenoxy) is 1. The summed E-state index contributed by atoms with van der Waals surface area (Å²) in [6.07, 6.45) is -1.47. The molecule has 0 saturated carbocycles. The van der Waals surface area contributed by atoms with Crippen molar-refractivity contribution in [1.82, 2.24) is 15.0 Å². The monoisotopic (exact) mass is 495 g/mol. The molecule has 0 N–H and O–H groups in total. The van der Waals surface area contributed by atoms with Crippen LogP contribution < -0.4 is 14.5 Å². The van der Waals surface area contributed by atoms with Crippen LogP contribution in [0.3, 0.4) is 0 Å². The third kappa shape index (κ3) is 5.70. The van der Waals surface area contributed by atoms with Crippen LogP contribution in [0.1, 0.15) is 17.7 Å². The van der Waals surface area contributed by atoms with E-state index in [0.717, 1.165) is 28.9 Å². The molecule has 0 fully saturated rings. The van der Waals surface area contributed by atoms with Crippen molar-refractivity contribution in [2.75, 3.05) is 30.9 Å². The van der Waals surface area contributed by atoms with E-state index in [1.807, 2.05) is 37.2 Å². The van der Waals surface area contributed by atoms with Gasteiger partial charge in [-0.2, -0.15) is 13.2 Å². The number of aryl methyl sites for hydroxylation is 1. The number of amides is 1. The third-order valence-corrected chi connectivity index (χ3v) is 5.66. The number of fused-ring (bicyclic) bond motifs is 1. The molecule has 10 heteroatoms. The molecule has 4 rings (SSSR count). The van der Waals surface area contributed by atoms with Gasteiger partial charge in [0.15, 0.2) is 0 Å². The van der Waals surface area contributed by atoms with Crippen molar-refractivity contribution >= 4 is 28.2 Å². The second-order valence-corrected chi connectivity index (χ2v) is 8.37. The molecular formula is C26H24F3N5O2. The Labute approximate surface area is 206 Å². The van der Waals surface area contributed by atoms with Gasteiger partial charge in [0.05, 0.1) is 10.9 Å². The first-order chi connectivity index (χ1) is 17.1. The summed E-state index contributed by atoms with van der Waals surface area (Å²) in [5.74, 6) is 0.793. The normalized spacial score (nSPS) is 11.4. The molecule has 2 aromatic heterocycles. The van der Waals surface area contributed by atoms with Gasteiger partial charge in [0.25, 0.3) is 0 Å². The third-order valence-electron chi connectivity index (χ3n) is 5.66. The van der Waals surface area contributed by atoms with Crippen molar-refractivity contribution < 1.29 is 22.7 Å². The maximum atomic E-state index is 12.6. The van der Waals surface area contributed by atoms with E-state index in [1.54, 1.807) is 31.3 Å². The van der Waals surface area contributed by atoms with Gasteiger partial charge in [-0.1, -0.05) is 6.07 Å². The van der Waals surface area contributed by atoms with Crippen molar-refractivity contribution in [1.29, 1.82) is 0 Å². The molecule has 2 aromatic carbocycles. The van der Waals surface area contributed by atoms with E-state index < -0.39 is 11.9 Å². The molecule has 0 aliphatic rings. The molecule has 0 aliphatic heterocycles. The van der Waals surface area contributed by atoms with Gasteiger partial charge in [-0.3, -0.25) is 9.78 Å². The average molecular weight is 496 g/mol. The lowest BCUT2D eigenvalue weighted by Gasteiger charge is -2.18. The lowest BCUT2D eigenvalue weighted by Crippen LogP contribution is -2.26. The topological polar surface area (TPSA) is 71.5 Å². The van der Waals surface area contributed by atoms with Crippen LogP contribution >= 0.6 is 0 Å². The van der Waals surface area contributed by atoms with Crippen LogP contribution in [0.15, 0.2) is 67.1 Å². The molecule has 1 amide bonds. The van der Waals surface area contributed by atoms with Gasteiger partial charge < -0.3 is 14.5 Å². The molecule has 4 aromatic rings. The van der Waals surface area contributed by atoms with E-state index in [1.165, 1.54) is 17.3 Å². The Hall–Kier alpha value is -4.21. The van der Waals surface area contributed by atoms with E-state index in [0.29, 0.717) is 22.9 Å². The Morgan fingerprint density at radius 3 is 2.28 bits per heavy atom. The van der Waals surface area contributed by atoms with E-state index in [2.05, 4.69) is 15.0 Å².